The molecular weight excluding hydrogens is 438 g/mol. The van der Waals surface area contributed by atoms with Crippen molar-refractivity contribution >= 4 is 33.0 Å². The third-order valence-electron chi connectivity index (χ3n) is 5.85. The molecule has 1 fully saturated rings. The number of anilines is 2. The van der Waals surface area contributed by atoms with E-state index < -0.39 is 0 Å². The zero-order valence-corrected chi connectivity index (χ0v) is 19.3. The van der Waals surface area contributed by atoms with Gasteiger partial charge in [0.25, 0.3) is 0 Å². The van der Waals surface area contributed by atoms with Crippen LogP contribution in [0.5, 0.6) is 11.5 Å². The Balaban J connectivity index is 1.29. The van der Waals surface area contributed by atoms with E-state index in [1.165, 1.54) is 0 Å². The number of amides is 1. The number of carbonyl (C=O) groups excluding carboxylic acids is 1. The van der Waals surface area contributed by atoms with Crippen LogP contribution in [0.15, 0.2) is 54.7 Å². The molecule has 0 saturated carbocycles. The second kappa shape index (κ2) is 9.11. The van der Waals surface area contributed by atoms with Crippen LogP contribution in [0.25, 0.3) is 16.2 Å². The highest BCUT2D eigenvalue weighted by atomic mass is 32.1. The lowest BCUT2D eigenvalue weighted by Gasteiger charge is -2.31. The van der Waals surface area contributed by atoms with Gasteiger partial charge in [-0.3, -0.25) is 4.79 Å². The van der Waals surface area contributed by atoms with Crippen LogP contribution in [0.4, 0.5) is 10.8 Å². The van der Waals surface area contributed by atoms with Gasteiger partial charge in [-0.1, -0.05) is 23.5 Å². The molecule has 3 heterocycles. The van der Waals surface area contributed by atoms with Crippen molar-refractivity contribution in [2.45, 2.75) is 12.8 Å². The SMILES string of the molecule is COc1ccc(-c2cn3nc(N4CCC[C@H](C(=O)Nc5ccccc5OC)C4)sc3n2)cc1. The average molecular weight is 464 g/mol. The first kappa shape index (κ1) is 21.3. The fourth-order valence-corrected chi connectivity index (χ4v) is 4.98. The smallest absolute Gasteiger partial charge is 0.229 e. The number of hydrogen-bond acceptors (Lipinski definition) is 7. The van der Waals surface area contributed by atoms with Crippen LogP contribution in [-0.2, 0) is 4.79 Å². The van der Waals surface area contributed by atoms with Gasteiger partial charge in [-0.05, 0) is 49.2 Å². The molecular formula is C24H25N5O3S. The first-order chi connectivity index (χ1) is 16.1. The summed E-state index contributed by atoms with van der Waals surface area (Å²) in [6.07, 6.45) is 3.72. The maximum atomic E-state index is 12.9. The molecule has 1 atom stereocenters. The lowest BCUT2D eigenvalue weighted by molar-refractivity contribution is -0.120. The Kier molecular flexibility index (Phi) is 5.87. The number of rotatable bonds is 6. The predicted octanol–water partition coefficient (Wildman–Crippen LogP) is 4.33. The normalized spacial score (nSPS) is 16.1. The average Bonchev–Trinajstić information content (AvgIpc) is 3.44. The number of piperidine rings is 1. The maximum absolute atomic E-state index is 12.9. The monoisotopic (exact) mass is 463 g/mol. The van der Waals surface area contributed by atoms with Crippen LogP contribution >= 0.6 is 11.3 Å². The predicted molar refractivity (Wildman–Crippen MR) is 129 cm³/mol. The minimum Gasteiger partial charge on any atom is -0.497 e. The number of ether oxygens (including phenoxy) is 2. The van der Waals surface area contributed by atoms with Crippen molar-refractivity contribution in [3.63, 3.8) is 0 Å². The van der Waals surface area contributed by atoms with E-state index >= 15 is 0 Å². The van der Waals surface area contributed by atoms with E-state index in [0.29, 0.717) is 18.0 Å². The fraction of sp³-hybridized carbons (Fsp3) is 0.292. The Morgan fingerprint density at radius 1 is 1.12 bits per heavy atom. The number of nitrogens with zero attached hydrogens (tertiary/aromatic N) is 4. The quantitative estimate of drug-likeness (QED) is 0.458. The lowest BCUT2D eigenvalue weighted by Crippen LogP contribution is -2.40. The number of hydrogen-bond donors (Lipinski definition) is 1. The van der Waals surface area contributed by atoms with E-state index in [9.17, 15) is 4.79 Å². The minimum absolute atomic E-state index is 0.00678. The van der Waals surface area contributed by atoms with Crippen LogP contribution < -0.4 is 19.7 Å². The Morgan fingerprint density at radius 3 is 2.70 bits per heavy atom. The van der Waals surface area contributed by atoms with E-state index in [-0.39, 0.29) is 11.8 Å². The summed E-state index contributed by atoms with van der Waals surface area (Å²) < 4.78 is 12.4. The van der Waals surface area contributed by atoms with Gasteiger partial charge in [-0.15, -0.1) is 5.10 Å². The van der Waals surface area contributed by atoms with Gasteiger partial charge in [0, 0.05) is 18.7 Å². The first-order valence-corrected chi connectivity index (χ1v) is 11.7. The summed E-state index contributed by atoms with van der Waals surface area (Å²) in [5, 5.41) is 8.65. The topological polar surface area (TPSA) is 81.0 Å². The maximum Gasteiger partial charge on any atom is 0.229 e. The number of methoxy groups -OCH3 is 2. The zero-order chi connectivity index (χ0) is 22.8. The summed E-state index contributed by atoms with van der Waals surface area (Å²) in [6, 6.07) is 15.3. The van der Waals surface area contributed by atoms with E-state index in [0.717, 1.165) is 46.5 Å². The molecule has 4 aromatic rings. The minimum atomic E-state index is -0.116. The molecule has 5 rings (SSSR count). The summed E-state index contributed by atoms with van der Waals surface area (Å²) in [5.74, 6) is 1.36. The Bertz CT molecular complexity index is 1240. The lowest BCUT2D eigenvalue weighted by atomic mass is 9.97. The first-order valence-electron chi connectivity index (χ1n) is 10.8. The number of benzene rings is 2. The molecule has 1 N–H and O–H groups in total. The van der Waals surface area contributed by atoms with Crippen LogP contribution in [-0.4, -0.2) is 47.8 Å². The van der Waals surface area contributed by atoms with Crippen molar-refractivity contribution in [3.05, 3.63) is 54.7 Å². The molecule has 33 heavy (non-hydrogen) atoms. The molecule has 0 aliphatic carbocycles. The molecule has 170 valence electrons. The van der Waals surface area contributed by atoms with Crippen molar-refractivity contribution in [1.29, 1.82) is 0 Å². The molecule has 9 heteroatoms. The zero-order valence-electron chi connectivity index (χ0n) is 18.5. The van der Waals surface area contributed by atoms with Gasteiger partial charge < -0.3 is 19.7 Å². The Morgan fingerprint density at radius 2 is 1.94 bits per heavy atom. The Labute approximate surface area is 195 Å². The second-order valence-electron chi connectivity index (χ2n) is 7.94. The summed E-state index contributed by atoms with van der Waals surface area (Å²) in [5.41, 5.74) is 2.58. The number of nitrogens with one attached hydrogen (secondary N) is 1. The van der Waals surface area contributed by atoms with Gasteiger partial charge in [-0.2, -0.15) is 0 Å². The number of para-hydroxylation sites is 2. The molecule has 0 unspecified atom stereocenters. The van der Waals surface area contributed by atoms with E-state index in [1.54, 1.807) is 25.6 Å². The highest BCUT2D eigenvalue weighted by Crippen LogP contribution is 2.31. The highest BCUT2D eigenvalue weighted by Gasteiger charge is 2.28. The number of carbonyl (C=O) groups is 1. The third-order valence-corrected chi connectivity index (χ3v) is 6.83. The molecule has 8 nitrogen and oxygen atoms in total. The number of fused-ring (bicyclic) bond motifs is 1. The summed E-state index contributed by atoms with van der Waals surface area (Å²) >= 11 is 1.54. The van der Waals surface area contributed by atoms with Gasteiger partial charge in [0.15, 0.2) is 0 Å². The standard InChI is InChI=1S/C24H25N5O3S/c1-31-18-11-9-16(10-12-18)20-15-29-23(26-20)33-24(27-29)28-13-5-6-17(14-28)22(30)25-19-7-3-4-8-21(19)32-2/h3-4,7-12,15,17H,5-6,13-14H2,1-2H3,(H,25,30)/t17-/m0/s1. The second-order valence-corrected chi connectivity index (χ2v) is 8.88. The molecule has 0 bridgehead atoms. The van der Waals surface area contributed by atoms with E-state index in [4.69, 9.17) is 19.6 Å². The van der Waals surface area contributed by atoms with Crippen molar-refractivity contribution in [1.82, 2.24) is 14.6 Å². The van der Waals surface area contributed by atoms with Gasteiger partial charge in [0.1, 0.15) is 11.5 Å². The summed E-state index contributed by atoms with van der Waals surface area (Å²) in [7, 11) is 3.26. The van der Waals surface area contributed by atoms with E-state index in [1.807, 2.05) is 59.2 Å². The third kappa shape index (κ3) is 4.36. The molecule has 1 saturated heterocycles. The van der Waals surface area contributed by atoms with Crippen LogP contribution in [0, 0.1) is 5.92 Å². The molecule has 2 aromatic carbocycles. The van der Waals surface area contributed by atoms with Crippen LogP contribution in [0.3, 0.4) is 0 Å². The summed E-state index contributed by atoms with van der Waals surface area (Å²) in [6.45, 7) is 1.50. The van der Waals surface area contributed by atoms with Crippen molar-refractivity contribution in [2.75, 3.05) is 37.5 Å². The fourth-order valence-electron chi connectivity index (χ4n) is 4.07. The van der Waals surface area contributed by atoms with Gasteiger partial charge >= 0.3 is 0 Å². The number of imidazole rings is 1. The van der Waals surface area contributed by atoms with Crippen LogP contribution in [0.2, 0.25) is 0 Å². The Hall–Kier alpha value is -3.59. The molecule has 2 aromatic heterocycles. The molecule has 1 amide bonds. The molecule has 0 radical (unpaired) electrons. The van der Waals surface area contributed by atoms with Crippen molar-refractivity contribution < 1.29 is 14.3 Å². The van der Waals surface area contributed by atoms with Crippen molar-refractivity contribution in [2.24, 2.45) is 5.92 Å². The summed E-state index contributed by atoms with van der Waals surface area (Å²) in [4.78, 5) is 20.7. The highest BCUT2D eigenvalue weighted by molar-refractivity contribution is 7.20. The number of aromatic nitrogens is 3. The van der Waals surface area contributed by atoms with E-state index in [2.05, 4.69) is 10.2 Å². The van der Waals surface area contributed by atoms with Crippen molar-refractivity contribution in [3.8, 4) is 22.8 Å². The van der Waals surface area contributed by atoms with Gasteiger partial charge in [0.05, 0.1) is 37.7 Å². The molecule has 0 spiro atoms. The van der Waals surface area contributed by atoms with Crippen LogP contribution in [0.1, 0.15) is 12.8 Å². The molecule has 1 aliphatic rings. The van der Waals surface area contributed by atoms with Gasteiger partial charge in [0.2, 0.25) is 16.0 Å². The largest absolute Gasteiger partial charge is 0.497 e. The molecule has 1 aliphatic heterocycles. The van der Waals surface area contributed by atoms with Gasteiger partial charge in [-0.25, -0.2) is 9.50 Å².